The van der Waals surface area contributed by atoms with Gasteiger partial charge in [0.1, 0.15) is 5.75 Å². The van der Waals surface area contributed by atoms with Crippen molar-refractivity contribution in [3.63, 3.8) is 0 Å². The van der Waals surface area contributed by atoms with Crippen molar-refractivity contribution < 1.29 is 14.3 Å². The highest BCUT2D eigenvalue weighted by Gasteiger charge is 2.31. The Labute approximate surface area is 161 Å². The summed E-state index contributed by atoms with van der Waals surface area (Å²) in [5.74, 6) is 0.777. The second-order valence-corrected chi connectivity index (χ2v) is 7.26. The molecule has 2 fully saturated rings. The van der Waals surface area contributed by atoms with Crippen LogP contribution in [0.3, 0.4) is 0 Å². The van der Waals surface area contributed by atoms with Crippen LogP contribution in [-0.2, 0) is 4.79 Å². The number of carbonyl (C=O) groups excluding carboxylic acids is 2. The van der Waals surface area contributed by atoms with Crippen LogP contribution in [0.1, 0.15) is 32.1 Å². The fourth-order valence-electron chi connectivity index (χ4n) is 3.74. The minimum Gasteiger partial charge on any atom is -0.497 e. The number of benzene rings is 1. The summed E-state index contributed by atoms with van der Waals surface area (Å²) in [6.45, 7) is 4.54. The summed E-state index contributed by atoms with van der Waals surface area (Å²) in [7, 11) is 1.61. The number of carbonyl (C=O) groups is 2. The molecule has 7 heteroatoms. The van der Waals surface area contributed by atoms with E-state index in [1.807, 2.05) is 24.3 Å². The van der Waals surface area contributed by atoms with Gasteiger partial charge in [-0.2, -0.15) is 0 Å². The molecular weight excluding hydrogens is 344 g/mol. The first-order valence-electron chi connectivity index (χ1n) is 9.87. The number of piperidine rings is 1. The maximum atomic E-state index is 12.3. The fourth-order valence-corrected chi connectivity index (χ4v) is 3.74. The first-order chi connectivity index (χ1) is 13.2. The van der Waals surface area contributed by atoms with Crippen LogP contribution in [0.4, 0.5) is 10.5 Å². The van der Waals surface area contributed by atoms with Crippen LogP contribution in [0.15, 0.2) is 24.3 Å². The Morgan fingerprint density at radius 2 is 1.93 bits per heavy atom. The number of amides is 3. The lowest BCUT2D eigenvalue weighted by Crippen LogP contribution is -2.44. The molecule has 0 bridgehead atoms. The minimum atomic E-state index is -0.192. The molecule has 0 aromatic heterocycles. The number of methoxy groups -OCH3 is 1. The smallest absolute Gasteiger partial charge is 0.315 e. The van der Waals surface area contributed by atoms with Crippen LogP contribution in [0, 0.1) is 0 Å². The Bertz CT molecular complexity index is 629. The number of ether oxygens (including phenoxy) is 1. The molecule has 2 aliphatic rings. The van der Waals surface area contributed by atoms with E-state index in [-0.39, 0.29) is 18.0 Å². The van der Waals surface area contributed by atoms with Crippen LogP contribution < -0.4 is 20.3 Å². The molecule has 3 amide bonds. The summed E-state index contributed by atoms with van der Waals surface area (Å²) in [6.07, 6.45) is 5.19. The van der Waals surface area contributed by atoms with E-state index in [0.717, 1.165) is 24.4 Å². The third-order valence-corrected chi connectivity index (χ3v) is 5.23. The van der Waals surface area contributed by atoms with Gasteiger partial charge in [0.05, 0.1) is 13.2 Å². The van der Waals surface area contributed by atoms with Gasteiger partial charge in [-0.15, -0.1) is 0 Å². The molecule has 0 saturated carbocycles. The van der Waals surface area contributed by atoms with Gasteiger partial charge >= 0.3 is 6.03 Å². The van der Waals surface area contributed by atoms with Crippen molar-refractivity contribution in [1.82, 2.24) is 15.5 Å². The first kappa shape index (κ1) is 19.5. The monoisotopic (exact) mass is 374 g/mol. The highest BCUT2D eigenvalue weighted by atomic mass is 16.5. The van der Waals surface area contributed by atoms with Gasteiger partial charge in [-0.05, 0) is 63.2 Å². The van der Waals surface area contributed by atoms with Gasteiger partial charge in [-0.1, -0.05) is 6.42 Å². The normalized spacial score (nSPS) is 20.6. The maximum absolute atomic E-state index is 12.3. The Balaban J connectivity index is 1.37. The van der Waals surface area contributed by atoms with Crippen molar-refractivity contribution in [3.8, 4) is 5.75 Å². The SMILES string of the molecule is COc1ccc(N2CC(NC(=O)NCCCN3CCCCC3)CC2=O)cc1. The second-order valence-electron chi connectivity index (χ2n) is 7.26. The van der Waals surface area contributed by atoms with Gasteiger partial charge in [-0.3, -0.25) is 4.79 Å². The van der Waals surface area contributed by atoms with Gasteiger partial charge in [0.25, 0.3) is 0 Å². The number of anilines is 1. The molecule has 2 aliphatic heterocycles. The van der Waals surface area contributed by atoms with Crippen molar-refractivity contribution >= 4 is 17.6 Å². The summed E-state index contributed by atoms with van der Waals surface area (Å²) in [5.41, 5.74) is 0.826. The lowest BCUT2D eigenvalue weighted by molar-refractivity contribution is -0.117. The first-order valence-corrected chi connectivity index (χ1v) is 9.87. The van der Waals surface area contributed by atoms with E-state index >= 15 is 0 Å². The maximum Gasteiger partial charge on any atom is 0.315 e. The molecule has 2 N–H and O–H groups in total. The highest BCUT2D eigenvalue weighted by Crippen LogP contribution is 2.24. The molecular formula is C20H30N4O3. The zero-order chi connectivity index (χ0) is 19.1. The van der Waals surface area contributed by atoms with E-state index in [9.17, 15) is 9.59 Å². The third kappa shape index (κ3) is 5.60. The Kier molecular flexibility index (Phi) is 6.92. The predicted octanol–water partition coefficient (Wildman–Crippen LogP) is 1.98. The van der Waals surface area contributed by atoms with Crippen molar-refractivity contribution in [1.29, 1.82) is 0 Å². The van der Waals surface area contributed by atoms with E-state index in [2.05, 4.69) is 15.5 Å². The van der Waals surface area contributed by atoms with Crippen LogP contribution in [-0.4, -0.2) is 62.7 Å². The number of hydrogen-bond acceptors (Lipinski definition) is 4. The van der Waals surface area contributed by atoms with E-state index in [1.54, 1.807) is 12.0 Å². The van der Waals surface area contributed by atoms with Crippen molar-refractivity contribution in [2.24, 2.45) is 0 Å². The minimum absolute atomic E-state index is 0.0237. The van der Waals surface area contributed by atoms with Crippen LogP contribution >= 0.6 is 0 Å². The van der Waals surface area contributed by atoms with Crippen LogP contribution in [0.2, 0.25) is 0 Å². The largest absolute Gasteiger partial charge is 0.497 e. The quantitative estimate of drug-likeness (QED) is 0.716. The summed E-state index contributed by atoms with van der Waals surface area (Å²) in [5, 5.41) is 5.83. The van der Waals surface area contributed by atoms with Gasteiger partial charge in [0, 0.05) is 25.2 Å². The molecule has 27 heavy (non-hydrogen) atoms. The van der Waals surface area contributed by atoms with Crippen LogP contribution in [0.25, 0.3) is 0 Å². The standard InChI is InChI=1S/C20H30N4O3/c1-27-18-8-6-17(7-9-18)24-15-16(14-19(24)25)22-20(26)21-10-5-13-23-11-3-2-4-12-23/h6-9,16H,2-5,10-15H2,1H3,(H2,21,22,26). The third-order valence-electron chi connectivity index (χ3n) is 5.23. The zero-order valence-electron chi connectivity index (χ0n) is 16.1. The molecule has 2 saturated heterocycles. The average molecular weight is 374 g/mol. The van der Waals surface area contributed by atoms with Crippen molar-refractivity contribution in [3.05, 3.63) is 24.3 Å². The number of likely N-dealkylation sites (tertiary alicyclic amines) is 1. The van der Waals surface area contributed by atoms with Crippen molar-refractivity contribution in [2.75, 3.05) is 44.7 Å². The second kappa shape index (κ2) is 9.60. The molecule has 1 atom stereocenters. The summed E-state index contributed by atoms with van der Waals surface area (Å²) in [6, 6.07) is 7.03. The topological polar surface area (TPSA) is 73.9 Å². The molecule has 2 heterocycles. The van der Waals surface area contributed by atoms with Crippen LogP contribution in [0.5, 0.6) is 5.75 Å². The van der Waals surface area contributed by atoms with E-state index in [0.29, 0.717) is 19.5 Å². The molecule has 3 rings (SSSR count). The molecule has 0 radical (unpaired) electrons. The summed E-state index contributed by atoms with van der Waals surface area (Å²) >= 11 is 0. The molecule has 148 valence electrons. The molecule has 7 nitrogen and oxygen atoms in total. The van der Waals surface area contributed by atoms with Gasteiger partial charge in [-0.25, -0.2) is 4.79 Å². The molecule has 1 unspecified atom stereocenters. The Morgan fingerprint density at radius 1 is 1.19 bits per heavy atom. The lowest BCUT2D eigenvalue weighted by atomic mass is 10.1. The summed E-state index contributed by atoms with van der Waals surface area (Å²) < 4.78 is 5.15. The highest BCUT2D eigenvalue weighted by molar-refractivity contribution is 5.96. The lowest BCUT2D eigenvalue weighted by Gasteiger charge is -2.26. The number of rotatable bonds is 7. The zero-order valence-corrected chi connectivity index (χ0v) is 16.1. The van der Waals surface area contributed by atoms with Crippen molar-refractivity contribution in [2.45, 2.75) is 38.1 Å². The van der Waals surface area contributed by atoms with Gasteiger partial charge in [0.15, 0.2) is 0 Å². The molecule has 1 aromatic rings. The number of urea groups is 1. The number of nitrogens with zero attached hydrogens (tertiary/aromatic N) is 2. The molecule has 0 spiro atoms. The average Bonchev–Trinajstić information content (AvgIpc) is 3.06. The summed E-state index contributed by atoms with van der Waals surface area (Å²) in [4.78, 5) is 28.5. The van der Waals surface area contributed by atoms with E-state index < -0.39 is 0 Å². The van der Waals surface area contributed by atoms with E-state index in [1.165, 1.54) is 32.4 Å². The fraction of sp³-hybridized carbons (Fsp3) is 0.600. The van der Waals surface area contributed by atoms with Gasteiger partial charge in [0.2, 0.25) is 5.91 Å². The molecule has 0 aliphatic carbocycles. The van der Waals surface area contributed by atoms with E-state index in [4.69, 9.17) is 4.74 Å². The Hall–Kier alpha value is -2.28. The number of nitrogens with one attached hydrogen (secondary N) is 2. The Morgan fingerprint density at radius 3 is 2.63 bits per heavy atom. The number of hydrogen-bond donors (Lipinski definition) is 2. The molecule has 1 aromatic carbocycles. The van der Waals surface area contributed by atoms with Gasteiger partial charge < -0.3 is 25.2 Å². The predicted molar refractivity (Wildman–Crippen MR) is 105 cm³/mol.